The number of rotatable bonds is 11. The number of hydrogen-bond acceptors (Lipinski definition) is 7. The van der Waals surface area contributed by atoms with E-state index < -0.39 is 23.0 Å². The van der Waals surface area contributed by atoms with Crippen molar-refractivity contribution in [1.29, 1.82) is 0 Å². The molecule has 8 nitrogen and oxygen atoms in total. The summed E-state index contributed by atoms with van der Waals surface area (Å²) >= 11 is 15.5. The zero-order valence-electron chi connectivity index (χ0n) is 26.2. The van der Waals surface area contributed by atoms with Gasteiger partial charge < -0.3 is 20.7 Å². The molecule has 0 fully saturated rings. The summed E-state index contributed by atoms with van der Waals surface area (Å²) in [6, 6.07) is 20.5. The van der Waals surface area contributed by atoms with Gasteiger partial charge >= 0.3 is 5.97 Å². The summed E-state index contributed by atoms with van der Waals surface area (Å²) < 4.78 is 5.05. The minimum absolute atomic E-state index is 0.0669. The third kappa shape index (κ3) is 8.49. The van der Waals surface area contributed by atoms with E-state index in [1.807, 2.05) is 13.0 Å². The lowest BCUT2D eigenvalue weighted by Gasteiger charge is -2.16. The van der Waals surface area contributed by atoms with Crippen LogP contribution in [-0.2, 0) is 27.2 Å². The number of fused-ring (bicyclic) bond motifs is 1. The van der Waals surface area contributed by atoms with Crippen LogP contribution < -0.4 is 16.0 Å². The molecule has 0 radical (unpaired) electrons. The molecule has 0 bridgehead atoms. The Morgan fingerprint density at radius 1 is 0.938 bits per heavy atom. The second-order valence-corrected chi connectivity index (χ2v) is 14.1. The fraction of sp³-hybridized carbons (Fsp3) is 0.222. The number of methoxy groups -OCH3 is 1. The van der Waals surface area contributed by atoms with Gasteiger partial charge in [0, 0.05) is 36.6 Å². The number of halogens is 2. The first-order valence-corrected chi connectivity index (χ1v) is 17.8. The van der Waals surface area contributed by atoms with Crippen LogP contribution in [0.25, 0.3) is 6.08 Å². The highest BCUT2D eigenvalue weighted by Crippen LogP contribution is 2.39. The first-order valence-electron chi connectivity index (χ1n) is 15.3. The monoisotopic (exact) mass is 721 g/mol. The number of aryl methyl sites for hydroxylation is 1. The van der Waals surface area contributed by atoms with Crippen LogP contribution in [0.2, 0.25) is 10.0 Å². The molecule has 0 aliphatic heterocycles. The molecular weight excluding hydrogens is 689 g/mol. The predicted molar refractivity (Wildman–Crippen MR) is 194 cm³/mol. The molecule has 1 unspecified atom stereocenters. The summed E-state index contributed by atoms with van der Waals surface area (Å²) in [5, 5.41) is 9.19. The van der Waals surface area contributed by atoms with Crippen molar-refractivity contribution in [2.24, 2.45) is 0 Å². The van der Waals surface area contributed by atoms with Crippen molar-refractivity contribution in [3.63, 3.8) is 0 Å². The van der Waals surface area contributed by atoms with E-state index in [0.717, 1.165) is 41.0 Å². The van der Waals surface area contributed by atoms with Crippen LogP contribution >= 0.6 is 46.3 Å². The minimum Gasteiger partial charge on any atom is -0.465 e. The van der Waals surface area contributed by atoms with Gasteiger partial charge in [-0.1, -0.05) is 60.5 Å². The van der Waals surface area contributed by atoms with Gasteiger partial charge in [-0.05, 0) is 86.2 Å². The molecule has 48 heavy (non-hydrogen) atoms. The Labute approximate surface area is 297 Å². The Hall–Kier alpha value is -4.09. The van der Waals surface area contributed by atoms with E-state index in [2.05, 4.69) is 16.0 Å². The molecular formula is C36H33Cl2N3O5S2. The highest BCUT2D eigenvalue weighted by atomic mass is 35.5. The van der Waals surface area contributed by atoms with Crippen molar-refractivity contribution < 1.29 is 23.9 Å². The maximum absolute atomic E-state index is 13.6. The molecule has 1 heterocycles. The molecule has 0 spiro atoms. The van der Waals surface area contributed by atoms with Crippen molar-refractivity contribution in [2.45, 2.75) is 49.2 Å². The number of ether oxygens (including phenoxy) is 1. The number of thioether (sulfide) groups is 1. The Morgan fingerprint density at radius 3 is 2.35 bits per heavy atom. The number of hydrogen-bond donors (Lipinski definition) is 3. The number of thiophene rings is 1. The quantitative estimate of drug-likeness (QED) is 0.0812. The van der Waals surface area contributed by atoms with Crippen LogP contribution in [0.5, 0.6) is 0 Å². The molecule has 12 heteroatoms. The summed E-state index contributed by atoms with van der Waals surface area (Å²) in [5.74, 6) is -1.76. The van der Waals surface area contributed by atoms with E-state index in [1.54, 1.807) is 66.7 Å². The summed E-state index contributed by atoms with van der Waals surface area (Å²) in [4.78, 5) is 54.7. The fourth-order valence-corrected chi connectivity index (χ4v) is 8.03. The first-order chi connectivity index (χ1) is 23.2. The van der Waals surface area contributed by atoms with Crippen LogP contribution in [0.15, 0.2) is 83.4 Å². The molecule has 1 aliphatic carbocycles. The molecule has 248 valence electrons. The number of carbonyl (C=O) groups excluding carboxylic acids is 4. The van der Waals surface area contributed by atoms with Crippen LogP contribution in [0.1, 0.15) is 62.9 Å². The van der Waals surface area contributed by atoms with Crippen molar-refractivity contribution in [3.05, 3.63) is 116 Å². The fourth-order valence-electron chi connectivity index (χ4n) is 5.23. The van der Waals surface area contributed by atoms with Gasteiger partial charge in [0.05, 0.1) is 17.9 Å². The van der Waals surface area contributed by atoms with E-state index in [-0.39, 0.29) is 11.6 Å². The van der Waals surface area contributed by atoms with Gasteiger partial charge in [-0.2, -0.15) is 0 Å². The van der Waals surface area contributed by atoms with Crippen LogP contribution in [0.3, 0.4) is 0 Å². The average Bonchev–Trinajstić information content (AvgIpc) is 3.46. The molecule has 0 saturated heterocycles. The van der Waals surface area contributed by atoms with Gasteiger partial charge in [-0.3, -0.25) is 14.4 Å². The molecule has 1 aliphatic rings. The zero-order valence-corrected chi connectivity index (χ0v) is 29.4. The van der Waals surface area contributed by atoms with E-state index in [0.29, 0.717) is 43.8 Å². The lowest BCUT2D eigenvalue weighted by atomic mass is 9.95. The van der Waals surface area contributed by atoms with Gasteiger partial charge in [0.25, 0.3) is 11.8 Å². The molecule has 0 saturated carbocycles. The first kappa shape index (κ1) is 35.2. The number of anilines is 2. The second kappa shape index (κ2) is 16.3. The van der Waals surface area contributed by atoms with Gasteiger partial charge in [0.1, 0.15) is 10.7 Å². The van der Waals surface area contributed by atoms with Gasteiger partial charge in [0.2, 0.25) is 5.91 Å². The average molecular weight is 723 g/mol. The standard InChI is InChI=1S/C36H33Cl2N3O5S2/c1-3-29(34(44)41-35-31(36(45)46-2)24-15-7-8-18-30(24)48-35)47-23-14-9-13-22(19-23)39-33(43)28(20-25-26(37)16-10-17-27(25)38)40-32(42)21-11-5-4-6-12-21/h4-6,9-14,16-17,19-20,29H,3,7-8,15,18H2,1-2H3,(H,39,43)(H,40,42)(H,41,44)/b28-20+. The van der Waals surface area contributed by atoms with Crippen molar-refractivity contribution in [1.82, 2.24) is 5.32 Å². The third-order valence-electron chi connectivity index (χ3n) is 7.65. The summed E-state index contributed by atoms with van der Waals surface area (Å²) in [7, 11) is 1.35. The van der Waals surface area contributed by atoms with Gasteiger partial charge in [-0.25, -0.2) is 4.79 Å². The van der Waals surface area contributed by atoms with Crippen molar-refractivity contribution >= 4 is 86.8 Å². The molecule has 1 atom stereocenters. The van der Waals surface area contributed by atoms with Crippen LogP contribution in [0.4, 0.5) is 10.7 Å². The zero-order chi connectivity index (χ0) is 34.2. The van der Waals surface area contributed by atoms with Gasteiger partial charge in [0.15, 0.2) is 0 Å². The van der Waals surface area contributed by atoms with E-state index in [9.17, 15) is 19.2 Å². The number of benzene rings is 3. The Balaban J connectivity index is 1.34. The Bertz CT molecular complexity index is 1860. The number of amides is 3. The lowest BCUT2D eigenvalue weighted by molar-refractivity contribution is -0.116. The van der Waals surface area contributed by atoms with E-state index in [4.69, 9.17) is 27.9 Å². The van der Waals surface area contributed by atoms with Gasteiger partial charge in [-0.15, -0.1) is 23.1 Å². The minimum atomic E-state index is -0.598. The predicted octanol–water partition coefficient (Wildman–Crippen LogP) is 8.64. The largest absolute Gasteiger partial charge is 0.465 e. The second-order valence-electron chi connectivity index (χ2n) is 10.9. The van der Waals surface area contributed by atoms with E-state index in [1.165, 1.54) is 36.3 Å². The summed E-state index contributed by atoms with van der Waals surface area (Å²) in [6.45, 7) is 1.91. The maximum Gasteiger partial charge on any atom is 0.341 e. The van der Waals surface area contributed by atoms with Crippen LogP contribution in [-0.4, -0.2) is 36.1 Å². The molecule has 5 rings (SSSR count). The molecule has 4 aromatic rings. The molecule has 3 aromatic carbocycles. The highest BCUT2D eigenvalue weighted by molar-refractivity contribution is 8.00. The van der Waals surface area contributed by atoms with E-state index >= 15 is 0 Å². The highest BCUT2D eigenvalue weighted by Gasteiger charge is 2.29. The molecule has 1 aromatic heterocycles. The number of carbonyl (C=O) groups is 4. The summed E-state index contributed by atoms with van der Waals surface area (Å²) in [5.41, 5.74) is 2.55. The van der Waals surface area contributed by atoms with Crippen molar-refractivity contribution in [2.75, 3.05) is 17.7 Å². The topological polar surface area (TPSA) is 114 Å². The normalized spacial score (nSPS) is 13.2. The number of esters is 1. The molecule has 3 N–H and O–H groups in total. The SMILES string of the molecule is CCC(Sc1cccc(NC(=O)/C(=C\c2c(Cl)cccc2Cl)NC(=O)c2ccccc2)c1)C(=O)Nc1sc2c(c1C(=O)OC)CCCC2. The number of nitrogens with one attached hydrogen (secondary N) is 3. The van der Waals surface area contributed by atoms with Crippen molar-refractivity contribution in [3.8, 4) is 0 Å². The van der Waals surface area contributed by atoms with Crippen LogP contribution in [0, 0.1) is 0 Å². The Morgan fingerprint density at radius 2 is 1.65 bits per heavy atom. The molecule has 3 amide bonds. The Kier molecular flexibility index (Phi) is 12.0. The third-order valence-corrected chi connectivity index (χ3v) is 10.9. The summed E-state index contributed by atoms with van der Waals surface area (Å²) in [6.07, 6.45) is 5.65. The maximum atomic E-state index is 13.6. The smallest absolute Gasteiger partial charge is 0.341 e. The lowest BCUT2D eigenvalue weighted by Crippen LogP contribution is -2.30.